The number of nitrogens with zero attached hydrogens (tertiary/aromatic N) is 3. The minimum atomic E-state index is -0.197. The van der Waals surface area contributed by atoms with Gasteiger partial charge in [0.25, 0.3) is 0 Å². The van der Waals surface area contributed by atoms with Gasteiger partial charge in [0.2, 0.25) is 0 Å². The molecule has 0 bridgehead atoms. The van der Waals surface area contributed by atoms with Gasteiger partial charge < -0.3 is 5.11 Å². The molecule has 0 amide bonds. The molecule has 4 heteroatoms. The van der Waals surface area contributed by atoms with E-state index in [1.807, 2.05) is 18.3 Å². The highest BCUT2D eigenvalue weighted by molar-refractivity contribution is 5.99. The summed E-state index contributed by atoms with van der Waals surface area (Å²) in [6, 6.07) is 36.0. The molecule has 4 nitrogen and oxygen atoms in total. The van der Waals surface area contributed by atoms with Crippen molar-refractivity contribution >= 4 is 28.1 Å². The van der Waals surface area contributed by atoms with Gasteiger partial charge in [-0.3, -0.25) is 4.90 Å². The van der Waals surface area contributed by atoms with Crippen LogP contribution in [0.3, 0.4) is 0 Å². The van der Waals surface area contributed by atoms with Gasteiger partial charge in [0, 0.05) is 22.6 Å². The fourth-order valence-corrected chi connectivity index (χ4v) is 6.53. The van der Waals surface area contributed by atoms with Crippen LogP contribution < -0.4 is 4.90 Å². The van der Waals surface area contributed by atoms with Crippen molar-refractivity contribution in [3.63, 3.8) is 0 Å². The number of hydrogen-bond acceptors (Lipinski definition) is 4. The summed E-state index contributed by atoms with van der Waals surface area (Å²) in [4.78, 5) is 12.1. The summed E-state index contributed by atoms with van der Waals surface area (Å²) in [7, 11) is 0. The Morgan fingerprint density at radius 1 is 0.727 bits per heavy atom. The number of benzene rings is 4. The molecule has 0 saturated heterocycles. The van der Waals surface area contributed by atoms with Crippen molar-refractivity contribution in [3.8, 4) is 28.1 Å². The average Bonchev–Trinajstić information content (AvgIpc) is 3.01. The minimum absolute atomic E-state index is 0.0865. The van der Waals surface area contributed by atoms with Gasteiger partial charge in [-0.05, 0) is 94.3 Å². The van der Waals surface area contributed by atoms with Gasteiger partial charge in [0.05, 0.1) is 17.1 Å². The first-order valence-electron chi connectivity index (χ1n) is 15.2. The van der Waals surface area contributed by atoms with Gasteiger partial charge in [-0.2, -0.15) is 0 Å². The minimum Gasteiger partial charge on any atom is -0.506 e. The Kier molecular flexibility index (Phi) is 6.36. The third kappa shape index (κ3) is 4.53. The van der Waals surface area contributed by atoms with Crippen molar-refractivity contribution in [2.24, 2.45) is 0 Å². The molecule has 0 atom stereocenters. The summed E-state index contributed by atoms with van der Waals surface area (Å²) in [5.41, 5.74) is 11.6. The van der Waals surface area contributed by atoms with Gasteiger partial charge in [-0.15, -0.1) is 0 Å². The molecule has 44 heavy (non-hydrogen) atoms. The van der Waals surface area contributed by atoms with Gasteiger partial charge in [0.1, 0.15) is 17.1 Å². The lowest BCUT2D eigenvalue weighted by Crippen LogP contribution is -2.31. The molecule has 1 N–H and O–H groups in total. The van der Waals surface area contributed by atoms with Crippen LogP contribution in [0.2, 0.25) is 0 Å². The second kappa shape index (κ2) is 10.1. The lowest BCUT2D eigenvalue weighted by molar-refractivity contribution is 0.480. The van der Waals surface area contributed by atoms with Crippen LogP contribution in [0.25, 0.3) is 33.3 Å². The van der Waals surface area contributed by atoms with Crippen LogP contribution >= 0.6 is 0 Å². The van der Waals surface area contributed by atoms with E-state index in [9.17, 15) is 5.11 Å². The van der Waals surface area contributed by atoms with Gasteiger partial charge in [0.15, 0.2) is 0 Å². The first-order chi connectivity index (χ1) is 21.0. The number of hydrogen-bond donors (Lipinski definition) is 1. The Balaban J connectivity index is 1.37. The topological polar surface area (TPSA) is 49.2 Å². The predicted molar refractivity (Wildman–Crippen MR) is 182 cm³/mol. The molecule has 1 aliphatic rings. The number of pyridine rings is 2. The zero-order valence-corrected chi connectivity index (χ0v) is 26.2. The van der Waals surface area contributed by atoms with E-state index < -0.39 is 0 Å². The highest BCUT2D eigenvalue weighted by Gasteiger charge is 2.37. The zero-order chi connectivity index (χ0) is 30.8. The quantitative estimate of drug-likeness (QED) is 0.228. The summed E-state index contributed by atoms with van der Waals surface area (Å²) < 4.78 is 0. The summed E-state index contributed by atoms with van der Waals surface area (Å²) in [6.07, 6.45) is 1.87. The molecule has 1 aliphatic heterocycles. The number of fused-ring (bicyclic) bond motifs is 3. The highest BCUT2D eigenvalue weighted by Crippen LogP contribution is 2.52. The van der Waals surface area contributed by atoms with Crippen molar-refractivity contribution in [2.75, 3.05) is 4.90 Å². The number of aryl methyl sites for hydroxylation is 1. The summed E-state index contributed by atoms with van der Waals surface area (Å²) in [5, 5.41) is 11.9. The summed E-state index contributed by atoms with van der Waals surface area (Å²) in [6.45, 7) is 13.3. The fourth-order valence-electron chi connectivity index (χ4n) is 6.53. The van der Waals surface area contributed by atoms with Crippen LogP contribution in [0.1, 0.15) is 56.9 Å². The van der Waals surface area contributed by atoms with Gasteiger partial charge >= 0.3 is 0 Å². The molecular formula is C40H37N3O. The average molecular weight is 576 g/mol. The maximum atomic E-state index is 11.0. The van der Waals surface area contributed by atoms with E-state index in [1.54, 1.807) is 6.07 Å². The van der Waals surface area contributed by atoms with Crippen LogP contribution in [-0.2, 0) is 10.8 Å². The Labute approximate surface area is 259 Å². The Hall–Kier alpha value is -4.96. The summed E-state index contributed by atoms with van der Waals surface area (Å²) >= 11 is 0. The van der Waals surface area contributed by atoms with Gasteiger partial charge in [-0.25, -0.2) is 9.97 Å². The fraction of sp³-hybridized carbons (Fsp3) is 0.200. The van der Waals surface area contributed by atoms with E-state index in [-0.39, 0.29) is 16.6 Å². The normalized spacial score (nSPS) is 13.9. The molecule has 0 unspecified atom stereocenters. The van der Waals surface area contributed by atoms with Crippen LogP contribution in [0.4, 0.5) is 17.2 Å². The Morgan fingerprint density at radius 3 is 2.20 bits per heavy atom. The molecule has 218 valence electrons. The number of anilines is 3. The monoisotopic (exact) mass is 575 g/mol. The first kappa shape index (κ1) is 27.8. The SMILES string of the molecule is Cc1ccnc(N2c3ccccc3C(C)(C)c3ccc(-c4ccc5c(-c6ccc(C(C)(C)C)cc6)ccc(O)c5n4)cc32)c1. The number of phenolic OH excluding ortho intramolecular Hbond substituents is 1. The van der Waals surface area contributed by atoms with Crippen molar-refractivity contribution < 1.29 is 5.11 Å². The number of phenols is 1. The number of aromatic nitrogens is 2. The Bertz CT molecular complexity index is 2050. The highest BCUT2D eigenvalue weighted by atomic mass is 16.3. The van der Waals surface area contributed by atoms with E-state index in [0.29, 0.717) is 5.52 Å². The molecule has 0 saturated carbocycles. The predicted octanol–water partition coefficient (Wildman–Crippen LogP) is 10.4. The molecule has 3 heterocycles. The van der Waals surface area contributed by atoms with Crippen LogP contribution in [-0.4, -0.2) is 15.1 Å². The molecule has 2 aromatic heterocycles. The van der Waals surface area contributed by atoms with Crippen molar-refractivity contribution in [1.82, 2.24) is 9.97 Å². The molecule has 0 radical (unpaired) electrons. The standard InChI is InChI=1S/C40H37N3O/c1-25-21-22-41-37(23-25)43-34-10-8-7-9-31(34)40(5,6)32-18-13-27(24-35(32)43)33-19-16-30-29(17-20-36(44)38(30)42-33)26-11-14-28(15-12-26)39(2,3)4/h7-24,44H,1-6H3. The number of rotatable bonds is 3. The van der Waals surface area contributed by atoms with E-state index >= 15 is 0 Å². The lowest BCUT2D eigenvalue weighted by Gasteiger charge is -2.41. The van der Waals surface area contributed by atoms with Crippen LogP contribution in [0.15, 0.2) is 109 Å². The second-order valence-electron chi connectivity index (χ2n) is 13.5. The molecule has 0 fully saturated rings. The van der Waals surface area contributed by atoms with Crippen molar-refractivity contribution in [3.05, 3.63) is 132 Å². The maximum Gasteiger partial charge on any atom is 0.141 e. The molecular weight excluding hydrogens is 538 g/mol. The molecule has 4 aromatic carbocycles. The molecule has 0 spiro atoms. The van der Waals surface area contributed by atoms with Crippen molar-refractivity contribution in [2.45, 2.75) is 52.4 Å². The molecule has 0 aliphatic carbocycles. The first-order valence-corrected chi connectivity index (χ1v) is 15.2. The van der Waals surface area contributed by atoms with E-state index in [1.165, 1.54) is 16.7 Å². The van der Waals surface area contributed by atoms with Crippen LogP contribution in [0.5, 0.6) is 5.75 Å². The van der Waals surface area contributed by atoms with E-state index in [4.69, 9.17) is 9.97 Å². The smallest absolute Gasteiger partial charge is 0.141 e. The molecule has 7 rings (SSSR count). The second-order valence-corrected chi connectivity index (χ2v) is 13.5. The number of aromatic hydroxyl groups is 1. The maximum absolute atomic E-state index is 11.0. The van der Waals surface area contributed by atoms with Crippen LogP contribution in [0, 0.1) is 6.92 Å². The molecule has 6 aromatic rings. The summed E-state index contributed by atoms with van der Waals surface area (Å²) in [5.74, 6) is 1.06. The zero-order valence-electron chi connectivity index (χ0n) is 26.2. The van der Waals surface area contributed by atoms with E-state index in [2.05, 4.69) is 131 Å². The van der Waals surface area contributed by atoms with E-state index in [0.717, 1.165) is 50.5 Å². The lowest BCUT2D eigenvalue weighted by atomic mass is 9.73. The largest absolute Gasteiger partial charge is 0.506 e. The van der Waals surface area contributed by atoms with Crippen molar-refractivity contribution in [1.29, 1.82) is 0 Å². The number of para-hydroxylation sites is 1. The third-order valence-electron chi connectivity index (χ3n) is 9.05. The third-order valence-corrected chi connectivity index (χ3v) is 9.05. The Morgan fingerprint density at radius 2 is 1.45 bits per heavy atom. The van der Waals surface area contributed by atoms with Gasteiger partial charge in [-0.1, -0.05) is 89.2 Å².